The first-order chi connectivity index (χ1) is 10.3. The highest BCUT2D eigenvalue weighted by atomic mass is 32.1. The third kappa shape index (κ3) is 6.34. The summed E-state index contributed by atoms with van der Waals surface area (Å²) in [6, 6.07) is 0. The van der Waals surface area contributed by atoms with E-state index in [9.17, 15) is 15.0 Å². The lowest BCUT2D eigenvalue weighted by Gasteiger charge is -2.32. The van der Waals surface area contributed by atoms with Gasteiger partial charge < -0.3 is 40.1 Å². The van der Waals surface area contributed by atoms with Gasteiger partial charge in [-0.1, -0.05) is 0 Å². The molecule has 0 heterocycles. The number of hydrogen-bond acceptors (Lipinski definition) is 10. The number of rotatable bonds is 12. The van der Waals surface area contributed by atoms with Gasteiger partial charge in [-0.05, 0) is 0 Å². The largest absolute Gasteiger partial charge is 0.462 e. The molecule has 0 bridgehead atoms. The highest BCUT2D eigenvalue weighted by molar-refractivity contribution is 7.81. The van der Waals surface area contributed by atoms with Gasteiger partial charge in [-0.3, -0.25) is 0 Å². The molecule has 0 aliphatic heterocycles. The Balaban J connectivity index is 4.59. The Morgan fingerprint density at radius 2 is 1.27 bits per heavy atom. The molecule has 1 unspecified atom stereocenters. The Hall–Kier alpha value is -0.460. The third-order valence-corrected chi connectivity index (χ3v) is 3.44. The SMILES string of the molecule is O=C(OCC(CO)(CO)COCC(CO)(CO)CO)C(O)S. The van der Waals surface area contributed by atoms with Crippen molar-refractivity contribution in [2.75, 3.05) is 52.9 Å². The molecular formula is C12H24O9S. The summed E-state index contributed by atoms with van der Waals surface area (Å²) in [5, 5.41) is 55.1. The fraction of sp³-hybridized carbons (Fsp3) is 0.917. The maximum absolute atomic E-state index is 11.1. The van der Waals surface area contributed by atoms with E-state index in [1.54, 1.807) is 0 Å². The molecule has 0 saturated carbocycles. The zero-order valence-electron chi connectivity index (χ0n) is 12.1. The molecule has 0 aliphatic rings. The van der Waals surface area contributed by atoms with Crippen LogP contribution in [0.5, 0.6) is 0 Å². The van der Waals surface area contributed by atoms with Crippen LogP contribution in [0.25, 0.3) is 0 Å². The van der Waals surface area contributed by atoms with E-state index in [-0.39, 0.29) is 13.2 Å². The first kappa shape index (κ1) is 21.5. The van der Waals surface area contributed by atoms with Gasteiger partial charge in [0, 0.05) is 0 Å². The van der Waals surface area contributed by atoms with Crippen molar-refractivity contribution in [2.45, 2.75) is 5.44 Å². The average Bonchev–Trinajstić information content (AvgIpc) is 2.55. The fourth-order valence-electron chi connectivity index (χ4n) is 1.34. The van der Waals surface area contributed by atoms with Crippen molar-refractivity contribution in [1.82, 2.24) is 0 Å². The van der Waals surface area contributed by atoms with Gasteiger partial charge in [0.25, 0.3) is 0 Å². The van der Waals surface area contributed by atoms with Gasteiger partial charge in [-0.25, -0.2) is 4.79 Å². The minimum absolute atomic E-state index is 0.235. The molecule has 0 fully saturated rings. The van der Waals surface area contributed by atoms with Crippen LogP contribution in [0, 0.1) is 10.8 Å². The standard InChI is InChI=1S/C12H24O9S/c13-1-11(2-14,3-15)6-20-7-12(4-16,5-17)8-21-9(18)10(19)22/h10,13-17,19,22H,1-8H2. The summed E-state index contributed by atoms with van der Waals surface area (Å²) in [5.74, 6) is -1.04. The lowest BCUT2D eigenvalue weighted by molar-refractivity contribution is -0.159. The zero-order valence-corrected chi connectivity index (χ0v) is 13.0. The van der Waals surface area contributed by atoms with Crippen molar-refractivity contribution >= 4 is 18.6 Å². The summed E-state index contributed by atoms with van der Waals surface area (Å²) in [6.07, 6.45) is 0. The molecule has 0 aromatic carbocycles. The van der Waals surface area contributed by atoms with Crippen molar-refractivity contribution in [3.63, 3.8) is 0 Å². The van der Waals surface area contributed by atoms with Crippen LogP contribution in [-0.4, -0.2) is 94.9 Å². The van der Waals surface area contributed by atoms with E-state index in [4.69, 9.17) is 29.9 Å². The number of carbonyl (C=O) groups is 1. The van der Waals surface area contributed by atoms with Crippen molar-refractivity contribution < 1.29 is 44.9 Å². The van der Waals surface area contributed by atoms with Crippen LogP contribution in [0.15, 0.2) is 0 Å². The van der Waals surface area contributed by atoms with Crippen LogP contribution in [-0.2, 0) is 14.3 Å². The smallest absolute Gasteiger partial charge is 0.345 e. The minimum atomic E-state index is -1.64. The van der Waals surface area contributed by atoms with E-state index in [0.29, 0.717) is 0 Å². The summed E-state index contributed by atoms with van der Waals surface area (Å²) in [6.45, 7) is -3.65. The fourth-order valence-corrected chi connectivity index (χ4v) is 1.42. The number of hydrogen-bond donors (Lipinski definition) is 7. The second-order valence-corrected chi connectivity index (χ2v) is 5.75. The maximum atomic E-state index is 11.1. The van der Waals surface area contributed by atoms with Gasteiger partial charge in [0.05, 0.1) is 57.1 Å². The molecular weight excluding hydrogens is 320 g/mol. The monoisotopic (exact) mass is 344 g/mol. The van der Waals surface area contributed by atoms with Crippen LogP contribution < -0.4 is 0 Å². The van der Waals surface area contributed by atoms with E-state index in [0.717, 1.165) is 0 Å². The molecule has 0 aromatic heterocycles. The van der Waals surface area contributed by atoms with E-state index >= 15 is 0 Å². The van der Waals surface area contributed by atoms with Crippen LogP contribution >= 0.6 is 12.6 Å². The summed E-state index contributed by atoms with van der Waals surface area (Å²) in [7, 11) is 0. The number of aliphatic hydroxyl groups excluding tert-OH is 6. The Morgan fingerprint density at radius 1 is 0.864 bits per heavy atom. The number of ether oxygens (including phenoxy) is 2. The zero-order chi connectivity index (χ0) is 17.2. The molecule has 22 heavy (non-hydrogen) atoms. The van der Waals surface area contributed by atoms with E-state index < -0.39 is 61.9 Å². The van der Waals surface area contributed by atoms with E-state index in [2.05, 4.69) is 12.6 Å². The van der Waals surface area contributed by atoms with Gasteiger partial charge in [0.1, 0.15) is 6.61 Å². The second kappa shape index (κ2) is 10.3. The molecule has 9 nitrogen and oxygen atoms in total. The van der Waals surface area contributed by atoms with E-state index in [1.165, 1.54) is 0 Å². The van der Waals surface area contributed by atoms with Crippen molar-refractivity contribution in [3.8, 4) is 0 Å². The molecule has 0 aliphatic carbocycles. The number of carbonyl (C=O) groups excluding carboxylic acids is 1. The van der Waals surface area contributed by atoms with Gasteiger partial charge in [0.2, 0.25) is 0 Å². The van der Waals surface area contributed by atoms with Gasteiger partial charge in [-0.15, -0.1) is 12.6 Å². The maximum Gasteiger partial charge on any atom is 0.345 e. The number of esters is 1. The van der Waals surface area contributed by atoms with Gasteiger partial charge in [0.15, 0.2) is 5.44 Å². The van der Waals surface area contributed by atoms with Gasteiger partial charge >= 0.3 is 5.97 Å². The van der Waals surface area contributed by atoms with Crippen LogP contribution in [0.3, 0.4) is 0 Å². The Kier molecular flexibility index (Phi) is 10.1. The van der Waals surface area contributed by atoms with Crippen molar-refractivity contribution in [1.29, 1.82) is 0 Å². The van der Waals surface area contributed by atoms with Crippen LogP contribution in [0.2, 0.25) is 0 Å². The first-order valence-electron chi connectivity index (χ1n) is 6.49. The molecule has 0 amide bonds. The normalized spacial score (nSPS) is 14.0. The quantitative estimate of drug-likeness (QED) is 0.110. The molecule has 0 radical (unpaired) electrons. The van der Waals surface area contributed by atoms with Gasteiger partial charge in [-0.2, -0.15) is 0 Å². The highest BCUT2D eigenvalue weighted by Gasteiger charge is 2.34. The summed E-state index contributed by atoms with van der Waals surface area (Å²) >= 11 is 3.47. The molecule has 6 N–H and O–H groups in total. The predicted molar refractivity (Wildman–Crippen MR) is 77.1 cm³/mol. The molecule has 0 rings (SSSR count). The Bertz CT molecular complexity index is 307. The molecule has 0 aromatic rings. The summed E-state index contributed by atoms with van der Waals surface area (Å²) in [4.78, 5) is 11.1. The molecule has 132 valence electrons. The lowest BCUT2D eigenvalue weighted by Crippen LogP contribution is -2.44. The van der Waals surface area contributed by atoms with Crippen LogP contribution in [0.4, 0.5) is 0 Å². The topological polar surface area (TPSA) is 157 Å². The Labute approximate surface area is 133 Å². The van der Waals surface area contributed by atoms with Crippen LogP contribution in [0.1, 0.15) is 0 Å². The molecule has 0 spiro atoms. The molecule has 0 saturated heterocycles. The lowest BCUT2D eigenvalue weighted by atomic mass is 9.90. The Morgan fingerprint density at radius 3 is 1.64 bits per heavy atom. The minimum Gasteiger partial charge on any atom is -0.462 e. The first-order valence-corrected chi connectivity index (χ1v) is 7.01. The summed E-state index contributed by atoms with van der Waals surface area (Å²) in [5.41, 5.74) is -4.22. The third-order valence-electron chi connectivity index (χ3n) is 3.22. The van der Waals surface area contributed by atoms with Crippen molar-refractivity contribution in [3.05, 3.63) is 0 Å². The average molecular weight is 344 g/mol. The van der Waals surface area contributed by atoms with E-state index in [1.807, 2.05) is 0 Å². The summed E-state index contributed by atoms with van der Waals surface area (Å²) < 4.78 is 9.94. The number of thiol groups is 1. The molecule has 1 atom stereocenters. The highest BCUT2D eigenvalue weighted by Crippen LogP contribution is 2.21. The molecule has 10 heteroatoms. The number of aliphatic hydroxyl groups is 6. The van der Waals surface area contributed by atoms with Crippen molar-refractivity contribution in [2.24, 2.45) is 10.8 Å². The second-order valence-electron chi connectivity index (χ2n) is 5.26. The predicted octanol–water partition coefficient (Wildman–Crippen LogP) is -3.27.